The summed E-state index contributed by atoms with van der Waals surface area (Å²) < 4.78 is 0. The minimum atomic E-state index is -0.723. The normalized spacial score (nSPS) is 18.3. The number of carbonyl (C=O) groups excluding carboxylic acids is 4. The molecule has 0 aliphatic carbocycles. The number of aldehydes is 1. The molecule has 0 unspecified atom stereocenters. The van der Waals surface area contributed by atoms with E-state index in [1.165, 1.54) is 4.90 Å². The Balaban J connectivity index is 2.06. The van der Waals surface area contributed by atoms with E-state index in [1.807, 2.05) is 30.3 Å². The third kappa shape index (κ3) is 7.94. The fourth-order valence-corrected chi connectivity index (χ4v) is 3.96. The van der Waals surface area contributed by atoms with Gasteiger partial charge in [0.2, 0.25) is 17.7 Å². The van der Waals surface area contributed by atoms with Gasteiger partial charge in [0, 0.05) is 6.54 Å². The van der Waals surface area contributed by atoms with Crippen molar-refractivity contribution >= 4 is 24.0 Å². The SMILES string of the molecule is CN[C@@H](C)C(=O)N[C@@H](CCCCN)C(=O)N1CCC[C@H]1C(=O)N[C@H](C=O)Cc1ccccc1. The molecule has 9 heteroatoms. The number of likely N-dealkylation sites (tertiary alicyclic amines) is 1. The number of unbranched alkanes of at least 4 members (excludes halogenated alkanes) is 1. The molecule has 2 rings (SSSR count). The van der Waals surface area contributed by atoms with E-state index in [0.29, 0.717) is 45.2 Å². The number of rotatable bonds is 13. The summed E-state index contributed by atoms with van der Waals surface area (Å²) in [5.74, 6) is -0.885. The second kappa shape index (κ2) is 13.7. The van der Waals surface area contributed by atoms with E-state index in [1.54, 1.807) is 14.0 Å². The van der Waals surface area contributed by atoms with Gasteiger partial charge in [-0.25, -0.2) is 0 Å². The summed E-state index contributed by atoms with van der Waals surface area (Å²) in [5, 5.41) is 8.48. The molecule has 1 aromatic rings. The number of nitrogens with one attached hydrogen (secondary N) is 3. The first kappa shape index (κ1) is 26.5. The van der Waals surface area contributed by atoms with Crippen LogP contribution in [0.5, 0.6) is 0 Å². The Morgan fingerprint density at radius 3 is 2.55 bits per heavy atom. The standard InChI is InChI=1S/C24H37N5O4/c1-17(26-2)22(31)28-20(11-6-7-13-25)24(33)29-14-8-12-21(29)23(32)27-19(16-30)15-18-9-4-3-5-10-18/h3-5,9-10,16-17,19-21,26H,6-8,11-15,25H2,1-2H3,(H,27,32)(H,28,31)/t17-,19-,20-,21-/m0/s1. The molecule has 3 amide bonds. The summed E-state index contributed by atoms with van der Waals surface area (Å²) in [6.07, 6.45) is 4.20. The summed E-state index contributed by atoms with van der Waals surface area (Å²) in [7, 11) is 1.68. The Kier molecular flexibility index (Phi) is 11.0. The van der Waals surface area contributed by atoms with Gasteiger partial charge >= 0.3 is 0 Å². The molecular weight excluding hydrogens is 422 g/mol. The number of hydrogen-bond donors (Lipinski definition) is 4. The largest absolute Gasteiger partial charge is 0.344 e. The van der Waals surface area contributed by atoms with Crippen molar-refractivity contribution in [1.29, 1.82) is 0 Å². The number of benzene rings is 1. The van der Waals surface area contributed by atoms with Crippen LogP contribution in [-0.2, 0) is 25.6 Å². The lowest BCUT2D eigenvalue weighted by molar-refractivity contribution is -0.142. The minimum Gasteiger partial charge on any atom is -0.344 e. The van der Waals surface area contributed by atoms with E-state index in [2.05, 4.69) is 16.0 Å². The summed E-state index contributed by atoms with van der Waals surface area (Å²) in [4.78, 5) is 51.9. The van der Waals surface area contributed by atoms with E-state index < -0.39 is 24.2 Å². The molecule has 1 fully saturated rings. The number of amides is 3. The number of carbonyl (C=O) groups is 4. The molecule has 1 aromatic carbocycles. The quantitative estimate of drug-likeness (QED) is 0.245. The van der Waals surface area contributed by atoms with Crippen LogP contribution < -0.4 is 21.7 Å². The maximum Gasteiger partial charge on any atom is 0.245 e. The highest BCUT2D eigenvalue weighted by Crippen LogP contribution is 2.20. The maximum atomic E-state index is 13.4. The monoisotopic (exact) mass is 459 g/mol. The predicted octanol–water partition coefficient (Wildman–Crippen LogP) is 0.126. The van der Waals surface area contributed by atoms with Crippen molar-refractivity contribution < 1.29 is 19.2 Å². The van der Waals surface area contributed by atoms with Crippen LogP contribution in [0.4, 0.5) is 0 Å². The molecule has 0 saturated carbocycles. The third-order valence-corrected chi connectivity index (χ3v) is 6.02. The smallest absolute Gasteiger partial charge is 0.245 e. The van der Waals surface area contributed by atoms with Crippen molar-refractivity contribution in [3.63, 3.8) is 0 Å². The first-order chi connectivity index (χ1) is 15.9. The fourth-order valence-electron chi connectivity index (χ4n) is 3.96. The maximum absolute atomic E-state index is 13.4. The molecule has 5 N–H and O–H groups in total. The first-order valence-electron chi connectivity index (χ1n) is 11.7. The first-order valence-corrected chi connectivity index (χ1v) is 11.7. The average molecular weight is 460 g/mol. The molecule has 0 bridgehead atoms. The van der Waals surface area contributed by atoms with Gasteiger partial charge in [-0.3, -0.25) is 14.4 Å². The molecule has 33 heavy (non-hydrogen) atoms. The van der Waals surface area contributed by atoms with Crippen molar-refractivity contribution in [3.05, 3.63) is 35.9 Å². The summed E-state index contributed by atoms with van der Waals surface area (Å²) >= 11 is 0. The lowest BCUT2D eigenvalue weighted by atomic mass is 10.1. The lowest BCUT2D eigenvalue weighted by Crippen LogP contribution is -2.56. The van der Waals surface area contributed by atoms with Gasteiger partial charge in [-0.1, -0.05) is 30.3 Å². The second-order valence-electron chi connectivity index (χ2n) is 8.49. The van der Waals surface area contributed by atoms with E-state index >= 15 is 0 Å². The highest BCUT2D eigenvalue weighted by molar-refractivity contribution is 5.94. The van der Waals surface area contributed by atoms with Crippen LogP contribution in [0.25, 0.3) is 0 Å². The van der Waals surface area contributed by atoms with Crippen LogP contribution in [0.3, 0.4) is 0 Å². The molecule has 4 atom stereocenters. The van der Waals surface area contributed by atoms with E-state index in [4.69, 9.17) is 5.73 Å². The van der Waals surface area contributed by atoms with Crippen LogP contribution in [0, 0.1) is 0 Å². The second-order valence-corrected chi connectivity index (χ2v) is 8.49. The van der Waals surface area contributed by atoms with Crippen molar-refractivity contribution in [1.82, 2.24) is 20.9 Å². The summed E-state index contributed by atoms with van der Waals surface area (Å²) in [5.41, 5.74) is 6.53. The van der Waals surface area contributed by atoms with Gasteiger partial charge in [-0.15, -0.1) is 0 Å². The molecule has 0 spiro atoms. The van der Waals surface area contributed by atoms with Crippen molar-refractivity contribution in [2.24, 2.45) is 5.73 Å². The van der Waals surface area contributed by atoms with Crippen molar-refractivity contribution in [2.45, 2.75) is 69.6 Å². The van der Waals surface area contributed by atoms with Crippen LogP contribution >= 0.6 is 0 Å². The zero-order valence-corrected chi connectivity index (χ0v) is 19.6. The Morgan fingerprint density at radius 2 is 1.91 bits per heavy atom. The topological polar surface area (TPSA) is 134 Å². The van der Waals surface area contributed by atoms with Crippen molar-refractivity contribution in [2.75, 3.05) is 20.1 Å². The van der Waals surface area contributed by atoms with Gasteiger partial charge in [0.1, 0.15) is 18.4 Å². The predicted molar refractivity (Wildman–Crippen MR) is 126 cm³/mol. The van der Waals surface area contributed by atoms with E-state index in [-0.39, 0.29) is 17.7 Å². The van der Waals surface area contributed by atoms with Gasteiger partial charge in [0.25, 0.3) is 0 Å². The van der Waals surface area contributed by atoms with Crippen LogP contribution in [0.15, 0.2) is 30.3 Å². The number of likely N-dealkylation sites (N-methyl/N-ethyl adjacent to an activating group) is 1. The third-order valence-electron chi connectivity index (χ3n) is 6.02. The van der Waals surface area contributed by atoms with Crippen molar-refractivity contribution in [3.8, 4) is 0 Å². The van der Waals surface area contributed by atoms with Gasteiger partial charge in [-0.2, -0.15) is 0 Å². The fraction of sp³-hybridized carbons (Fsp3) is 0.583. The Bertz CT molecular complexity index is 788. The summed E-state index contributed by atoms with van der Waals surface area (Å²) in [6.45, 7) is 2.66. The van der Waals surface area contributed by atoms with Gasteiger partial charge in [-0.05, 0) is 64.6 Å². The van der Waals surface area contributed by atoms with E-state index in [0.717, 1.165) is 18.3 Å². The number of hydrogen-bond acceptors (Lipinski definition) is 6. The van der Waals surface area contributed by atoms with Gasteiger partial charge in [0.15, 0.2) is 0 Å². The molecule has 0 aromatic heterocycles. The molecule has 1 heterocycles. The van der Waals surface area contributed by atoms with E-state index in [9.17, 15) is 19.2 Å². The molecule has 1 aliphatic heterocycles. The minimum absolute atomic E-state index is 0.271. The summed E-state index contributed by atoms with van der Waals surface area (Å²) in [6, 6.07) is 6.94. The molecule has 0 radical (unpaired) electrons. The van der Waals surface area contributed by atoms with Crippen LogP contribution in [0.2, 0.25) is 0 Å². The average Bonchev–Trinajstić information content (AvgIpc) is 3.32. The van der Waals surface area contributed by atoms with Gasteiger partial charge < -0.3 is 31.4 Å². The zero-order chi connectivity index (χ0) is 24.2. The Labute approximate surface area is 195 Å². The van der Waals surface area contributed by atoms with Crippen LogP contribution in [-0.4, -0.2) is 73.2 Å². The number of nitrogens with zero attached hydrogens (tertiary/aromatic N) is 1. The molecule has 1 aliphatic rings. The van der Waals surface area contributed by atoms with Crippen LogP contribution in [0.1, 0.15) is 44.6 Å². The molecular formula is C24H37N5O4. The molecule has 1 saturated heterocycles. The van der Waals surface area contributed by atoms with Gasteiger partial charge in [0.05, 0.1) is 12.1 Å². The molecule has 9 nitrogen and oxygen atoms in total. The zero-order valence-electron chi connectivity index (χ0n) is 19.6. The Hall–Kier alpha value is -2.78. The highest BCUT2D eigenvalue weighted by atomic mass is 16.2. The Morgan fingerprint density at radius 1 is 1.18 bits per heavy atom. The highest BCUT2D eigenvalue weighted by Gasteiger charge is 2.38. The molecule has 182 valence electrons. The lowest BCUT2D eigenvalue weighted by Gasteiger charge is -2.30. The number of nitrogens with two attached hydrogens (primary N) is 1.